The summed E-state index contributed by atoms with van der Waals surface area (Å²) >= 11 is 0. The molecule has 122 valence electrons. The van der Waals surface area contributed by atoms with Crippen LogP contribution in [0.5, 0.6) is 0 Å². The lowest BCUT2D eigenvalue weighted by Crippen LogP contribution is -2.51. The van der Waals surface area contributed by atoms with Crippen molar-refractivity contribution in [2.24, 2.45) is 0 Å². The summed E-state index contributed by atoms with van der Waals surface area (Å²) in [6.07, 6.45) is 6.26. The molecule has 0 radical (unpaired) electrons. The number of imidazole rings is 1. The van der Waals surface area contributed by atoms with E-state index in [4.69, 9.17) is 0 Å². The second-order valence-electron chi connectivity index (χ2n) is 6.13. The highest BCUT2D eigenvalue weighted by molar-refractivity contribution is 5.82. The molecule has 1 aromatic carbocycles. The number of aromatic nitrogens is 3. The molecule has 1 fully saturated rings. The molecule has 2 aromatic heterocycles. The van der Waals surface area contributed by atoms with E-state index in [1.165, 1.54) is 0 Å². The minimum absolute atomic E-state index is 0.533. The Labute approximate surface area is 139 Å². The second kappa shape index (κ2) is 5.63. The molecule has 1 saturated heterocycles. The molecule has 6 nitrogen and oxygen atoms in total. The van der Waals surface area contributed by atoms with Gasteiger partial charge in [-0.1, -0.05) is 12.1 Å². The van der Waals surface area contributed by atoms with Gasteiger partial charge in [0.2, 0.25) is 0 Å². The van der Waals surface area contributed by atoms with E-state index in [0.717, 1.165) is 16.7 Å². The normalized spacial score (nSPS) is 17.1. The van der Waals surface area contributed by atoms with Crippen LogP contribution in [-0.4, -0.2) is 38.7 Å². The van der Waals surface area contributed by atoms with Gasteiger partial charge in [0.1, 0.15) is 5.54 Å². The van der Waals surface area contributed by atoms with Crippen LogP contribution in [0.2, 0.25) is 0 Å². The Bertz CT molecular complexity index is 867. The maximum absolute atomic E-state index is 12.2. The molecule has 0 amide bonds. The summed E-state index contributed by atoms with van der Waals surface area (Å²) in [6, 6.07) is 11.6. The van der Waals surface area contributed by atoms with Crippen LogP contribution in [-0.2, 0) is 10.3 Å². The molecule has 6 heteroatoms. The van der Waals surface area contributed by atoms with Crippen molar-refractivity contribution in [1.29, 1.82) is 0 Å². The lowest BCUT2D eigenvalue weighted by Gasteiger charge is -2.40. The minimum atomic E-state index is -0.945. The average Bonchev–Trinajstić information content (AvgIpc) is 3.07. The van der Waals surface area contributed by atoms with Gasteiger partial charge in [-0.15, -0.1) is 0 Å². The van der Waals surface area contributed by atoms with Crippen molar-refractivity contribution in [3.63, 3.8) is 0 Å². The van der Waals surface area contributed by atoms with E-state index in [1.807, 2.05) is 41.0 Å². The Hall–Kier alpha value is -2.89. The molecular formula is C18H18N4O2. The predicted molar refractivity (Wildman–Crippen MR) is 91.0 cm³/mol. The van der Waals surface area contributed by atoms with Gasteiger partial charge in [0.15, 0.2) is 0 Å². The van der Waals surface area contributed by atoms with Gasteiger partial charge in [-0.2, -0.15) is 0 Å². The lowest BCUT2D eigenvalue weighted by atomic mass is 9.86. The highest BCUT2D eigenvalue weighted by Crippen LogP contribution is 2.35. The highest BCUT2D eigenvalue weighted by atomic mass is 16.4. The largest absolute Gasteiger partial charge is 0.479 e. The number of nitrogens with zero attached hydrogens (tertiary/aromatic N) is 4. The number of carboxylic acids is 1. The number of carboxylic acid groups (broad SMARTS) is 1. The SMILES string of the molecule is O=C(O)C1(n2cnc3ccccc32)CCN(c2ccncc2)CC1. The fraction of sp³-hybridized carbons (Fsp3) is 0.278. The van der Waals surface area contributed by atoms with Crippen LogP contribution in [0.4, 0.5) is 5.69 Å². The van der Waals surface area contributed by atoms with Crippen LogP contribution < -0.4 is 4.90 Å². The maximum atomic E-state index is 12.2. The fourth-order valence-electron chi connectivity index (χ4n) is 3.55. The summed E-state index contributed by atoms with van der Waals surface area (Å²) in [5, 5.41) is 10.00. The van der Waals surface area contributed by atoms with Crippen LogP contribution in [0.15, 0.2) is 55.1 Å². The van der Waals surface area contributed by atoms with E-state index in [2.05, 4.69) is 14.9 Å². The zero-order chi connectivity index (χ0) is 16.6. The van der Waals surface area contributed by atoms with E-state index >= 15 is 0 Å². The maximum Gasteiger partial charge on any atom is 0.330 e. The summed E-state index contributed by atoms with van der Waals surface area (Å²) in [4.78, 5) is 22.8. The van der Waals surface area contributed by atoms with Crippen molar-refractivity contribution in [2.75, 3.05) is 18.0 Å². The molecular weight excluding hydrogens is 304 g/mol. The second-order valence-corrected chi connectivity index (χ2v) is 6.13. The third-order valence-corrected chi connectivity index (χ3v) is 4.93. The predicted octanol–water partition coefficient (Wildman–Crippen LogP) is 2.51. The highest BCUT2D eigenvalue weighted by Gasteiger charge is 2.44. The Kier molecular flexibility index (Phi) is 3.45. The fourth-order valence-corrected chi connectivity index (χ4v) is 3.55. The van der Waals surface area contributed by atoms with Gasteiger partial charge in [0, 0.05) is 31.2 Å². The van der Waals surface area contributed by atoms with Crippen molar-refractivity contribution in [3.05, 3.63) is 55.1 Å². The number of pyridine rings is 1. The first-order valence-electron chi connectivity index (χ1n) is 8.02. The summed E-state index contributed by atoms with van der Waals surface area (Å²) in [5.74, 6) is -0.792. The number of hydrogen-bond donors (Lipinski definition) is 1. The number of anilines is 1. The number of fused-ring (bicyclic) bond motifs is 1. The Balaban J connectivity index is 1.68. The molecule has 24 heavy (non-hydrogen) atoms. The molecule has 0 spiro atoms. The number of carbonyl (C=O) groups is 1. The minimum Gasteiger partial charge on any atom is -0.479 e. The number of hydrogen-bond acceptors (Lipinski definition) is 4. The van der Waals surface area contributed by atoms with Crippen molar-refractivity contribution < 1.29 is 9.90 Å². The first kappa shape index (κ1) is 14.7. The Morgan fingerprint density at radius 3 is 2.50 bits per heavy atom. The van der Waals surface area contributed by atoms with E-state index in [1.54, 1.807) is 18.7 Å². The standard InChI is InChI=1S/C18H18N4O2/c23-17(24)18(22-13-20-15-3-1-2-4-16(15)22)7-11-21(12-8-18)14-5-9-19-10-6-14/h1-6,9-10,13H,7-8,11-12H2,(H,23,24). The van der Waals surface area contributed by atoms with Gasteiger partial charge in [0.05, 0.1) is 17.4 Å². The quantitative estimate of drug-likeness (QED) is 0.802. The zero-order valence-electron chi connectivity index (χ0n) is 13.2. The first-order valence-corrected chi connectivity index (χ1v) is 8.02. The van der Waals surface area contributed by atoms with Crippen molar-refractivity contribution in [2.45, 2.75) is 18.4 Å². The van der Waals surface area contributed by atoms with Gasteiger partial charge >= 0.3 is 5.97 Å². The number of benzene rings is 1. The molecule has 1 aliphatic heterocycles. The number of para-hydroxylation sites is 2. The van der Waals surface area contributed by atoms with Crippen molar-refractivity contribution in [3.8, 4) is 0 Å². The number of piperidine rings is 1. The molecule has 3 aromatic rings. The van der Waals surface area contributed by atoms with Crippen molar-refractivity contribution >= 4 is 22.7 Å². The third kappa shape index (κ3) is 2.22. The van der Waals surface area contributed by atoms with E-state index in [0.29, 0.717) is 25.9 Å². The number of aliphatic carboxylic acids is 1. The Morgan fingerprint density at radius 2 is 1.79 bits per heavy atom. The van der Waals surface area contributed by atoms with Gasteiger partial charge in [-0.05, 0) is 37.1 Å². The molecule has 1 aliphatic rings. The summed E-state index contributed by atoms with van der Waals surface area (Å²) in [5.41, 5.74) is 1.84. The molecule has 0 unspecified atom stereocenters. The molecule has 0 aliphatic carbocycles. The molecule has 1 N–H and O–H groups in total. The molecule has 0 saturated carbocycles. The van der Waals surface area contributed by atoms with Crippen LogP contribution in [0.25, 0.3) is 11.0 Å². The van der Waals surface area contributed by atoms with Crippen LogP contribution in [0, 0.1) is 0 Å². The summed E-state index contributed by atoms with van der Waals surface area (Å²) < 4.78 is 1.84. The average molecular weight is 322 g/mol. The zero-order valence-corrected chi connectivity index (χ0v) is 13.2. The molecule has 0 atom stereocenters. The Morgan fingerprint density at radius 1 is 1.08 bits per heavy atom. The van der Waals surface area contributed by atoms with Gasteiger partial charge < -0.3 is 14.6 Å². The van der Waals surface area contributed by atoms with E-state index < -0.39 is 11.5 Å². The van der Waals surface area contributed by atoms with Gasteiger partial charge in [-0.25, -0.2) is 9.78 Å². The smallest absolute Gasteiger partial charge is 0.330 e. The molecule has 3 heterocycles. The van der Waals surface area contributed by atoms with E-state index in [9.17, 15) is 9.90 Å². The molecule has 4 rings (SSSR count). The number of rotatable bonds is 3. The lowest BCUT2D eigenvalue weighted by molar-refractivity contribution is -0.148. The van der Waals surface area contributed by atoms with Gasteiger partial charge in [0.25, 0.3) is 0 Å². The van der Waals surface area contributed by atoms with Crippen molar-refractivity contribution in [1.82, 2.24) is 14.5 Å². The van der Waals surface area contributed by atoms with Crippen LogP contribution in [0.1, 0.15) is 12.8 Å². The first-order chi connectivity index (χ1) is 11.7. The molecule has 0 bridgehead atoms. The topological polar surface area (TPSA) is 71.2 Å². The van der Waals surface area contributed by atoms with Crippen LogP contribution in [0.3, 0.4) is 0 Å². The van der Waals surface area contributed by atoms with E-state index in [-0.39, 0.29) is 0 Å². The monoisotopic (exact) mass is 322 g/mol. The summed E-state index contributed by atoms with van der Waals surface area (Å²) in [7, 11) is 0. The summed E-state index contributed by atoms with van der Waals surface area (Å²) in [6.45, 7) is 1.37. The van der Waals surface area contributed by atoms with Gasteiger partial charge in [-0.3, -0.25) is 4.98 Å². The van der Waals surface area contributed by atoms with Crippen LogP contribution >= 0.6 is 0 Å². The third-order valence-electron chi connectivity index (χ3n) is 4.93.